The summed E-state index contributed by atoms with van der Waals surface area (Å²) in [5, 5.41) is 7.03. The van der Waals surface area contributed by atoms with E-state index in [1.807, 2.05) is 18.2 Å². The molecule has 0 N–H and O–H groups in total. The number of thiophene rings is 1. The summed E-state index contributed by atoms with van der Waals surface area (Å²) in [6, 6.07) is 71.1. The molecule has 0 atom stereocenters. The van der Waals surface area contributed by atoms with Crippen molar-refractivity contribution in [2.45, 2.75) is 0 Å². The number of aromatic nitrogens is 3. The highest BCUT2D eigenvalue weighted by atomic mass is 32.1. The van der Waals surface area contributed by atoms with Gasteiger partial charge in [-0.2, -0.15) is 0 Å². The van der Waals surface area contributed by atoms with Crippen molar-refractivity contribution in [2.75, 3.05) is 0 Å². The molecule has 57 heavy (non-hydrogen) atoms. The molecule has 11 rings (SSSR count). The Balaban J connectivity index is 1.18. The van der Waals surface area contributed by atoms with Gasteiger partial charge in [-0.05, 0) is 67.1 Å². The molecule has 0 radical (unpaired) electrons. The molecule has 0 bridgehead atoms. The quantitative estimate of drug-likeness (QED) is 0.170. The second-order valence-electron chi connectivity index (χ2n) is 14.3. The number of rotatable bonds is 6. The van der Waals surface area contributed by atoms with Crippen LogP contribution in [-0.4, -0.2) is 15.0 Å². The lowest BCUT2D eigenvalue weighted by Crippen LogP contribution is -2.02. The standard InChI is InChI=1S/C53H33N3S/c1-3-16-34(17-4-1)37-21-9-10-23-39(37)42-32-33-43(41-25-12-11-24-40(41)42)45-31-30-35-18-7-8-22-38(35)49(45)53-55-51(36-19-5-2-6-20-36)54-52(56-53)47-28-15-27-46-44-26-13-14-29-48(44)57-50(46)47/h1-33H. The van der Waals surface area contributed by atoms with Crippen LogP contribution in [0.15, 0.2) is 200 Å². The molecule has 0 saturated carbocycles. The Labute approximate surface area is 334 Å². The summed E-state index contributed by atoms with van der Waals surface area (Å²) >= 11 is 1.79. The molecule has 0 saturated heterocycles. The lowest BCUT2D eigenvalue weighted by Gasteiger charge is -2.18. The van der Waals surface area contributed by atoms with Gasteiger partial charge in [-0.1, -0.05) is 188 Å². The third-order valence-corrected chi connectivity index (χ3v) is 12.2. The van der Waals surface area contributed by atoms with Gasteiger partial charge in [-0.15, -0.1) is 11.3 Å². The Morgan fingerprint density at radius 3 is 1.58 bits per heavy atom. The third kappa shape index (κ3) is 5.69. The van der Waals surface area contributed by atoms with Crippen LogP contribution >= 0.6 is 11.3 Å². The average molecular weight is 744 g/mol. The lowest BCUT2D eigenvalue weighted by atomic mass is 9.86. The van der Waals surface area contributed by atoms with Gasteiger partial charge in [0.15, 0.2) is 17.5 Å². The van der Waals surface area contributed by atoms with Gasteiger partial charge in [0.05, 0.1) is 0 Å². The number of hydrogen-bond acceptors (Lipinski definition) is 4. The normalized spacial score (nSPS) is 11.5. The van der Waals surface area contributed by atoms with Crippen LogP contribution in [-0.2, 0) is 0 Å². The number of nitrogens with zero attached hydrogens (tertiary/aromatic N) is 3. The molecule has 3 nitrogen and oxygen atoms in total. The first-order valence-corrected chi connectivity index (χ1v) is 20.0. The Morgan fingerprint density at radius 2 is 0.807 bits per heavy atom. The van der Waals surface area contributed by atoms with Crippen molar-refractivity contribution in [3.05, 3.63) is 200 Å². The summed E-state index contributed by atoms with van der Waals surface area (Å²) < 4.78 is 2.42. The first kappa shape index (κ1) is 33.1. The van der Waals surface area contributed by atoms with E-state index in [1.54, 1.807) is 11.3 Å². The van der Waals surface area contributed by atoms with E-state index < -0.39 is 0 Å². The molecule has 2 aromatic heterocycles. The summed E-state index contributed by atoms with van der Waals surface area (Å²) in [6.45, 7) is 0. The summed E-state index contributed by atoms with van der Waals surface area (Å²) in [6.07, 6.45) is 0. The van der Waals surface area contributed by atoms with Crippen molar-refractivity contribution in [3.8, 4) is 67.5 Å². The van der Waals surface area contributed by atoms with Crippen molar-refractivity contribution in [2.24, 2.45) is 0 Å². The van der Waals surface area contributed by atoms with Crippen molar-refractivity contribution in [3.63, 3.8) is 0 Å². The van der Waals surface area contributed by atoms with Crippen LogP contribution < -0.4 is 0 Å². The monoisotopic (exact) mass is 743 g/mol. The minimum absolute atomic E-state index is 0.644. The average Bonchev–Trinajstić information content (AvgIpc) is 3.68. The van der Waals surface area contributed by atoms with E-state index >= 15 is 0 Å². The van der Waals surface area contributed by atoms with Gasteiger partial charge < -0.3 is 0 Å². The van der Waals surface area contributed by atoms with Crippen molar-refractivity contribution < 1.29 is 0 Å². The van der Waals surface area contributed by atoms with Gasteiger partial charge in [0.1, 0.15) is 0 Å². The van der Waals surface area contributed by atoms with Gasteiger partial charge in [0.2, 0.25) is 0 Å². The van der Waals surface area contributed by atoms with Crippen LogP contribution in [0.3, 0.4) is 0 Å². The van der Waals surface area contributed by atoms with E-state index in [0.29, 0.717) is 17.5 Å². The second-order valence-corrected chi connectivity index (χ2v) is 15.3. The SMILES string of the molecule is c1ccc(-c2nc(-c3c(-c4ccc(-c5ccccc5-c5ccccc5)c5ccccc45)ccc4ccccc34)nc(-c3cccc4c3sc3ccccc34)n2)cc1. The Morgan fingerprint density at radius 1 is 0.281 bits per heavy atom. The largest absolute Gasteiger partial charge is 0.208 e. The molecule has 0 unspecified atom stereocenters. The molecule has 0 aliphatic carbocycles. The van der Waals surface area contributed by atoms with Crippen LogP contribution in [0.5, 0.6) is 0 Å². The van der Waals surface area contributed by atoms with Gasteiger partial charge in [-0.3, -0.25) is 0 Å². The van der Waals surface area contributed by atoms with E-state index in [9.17, 15) is 0 Å². The van der Waals surface area contributed by atoms with Crippen LogP contribution in [0.2, 0.25) is 0 Å². The molecule has 0 fully saturated rings. The molecule has 0 spiro atoms. The van der Waals surface area contributed by atoms with E-state index in [4.69, 9.17) is 15.0 Å². The molecule has 9 aromatic carbocycles. The van der Waals surface area contributed by atoms with Crippen LogP contribution in [0.1, 0.15) is 0 Å². The summed E-state index contributed by atoms with van der Waals surface area (Å²) in [5.41, 5.74) is 9.94. The van der Waals surface area contributed by atoms with E-state index in [2.05, 4.69) is 182 Å². The van der Waals surface area contributed by atoms with E-state index in [-0.39, 0.29) is 0 Å². The fraction of sp³-hybridized carbons (Fsp3) is 0. The highest BCUT2D eigenvalue weighted by molar-refractivity contribution is 7.26. The van der Waals surface area contributed by atoms with Crippen molar-refractivity contribution >= 4 is 53.1 Å². The zero-order valence-corrected chi connectivity index (χ0v) is 31.6. The second kappa shape index (κ2) is 13.8. The van der Waals surface area contributed by atoms with Gasteiger partial charge >= 0.3 is 0 Å². The number of fused-ring (bicyclic) bond motifs is 5. The summed E-state index contributed by atoms with van der Waals surface area (Å²) in [5.74, 6) is 1.95. The molecule has 0 aliphatic heterocycles. The molecular weight excluding hydrogens is 711 g/mol. The highest BCUT2D eigenvalue weighted by Gasteiger charge is 2.22. The Hall–Kier alpha value is -7.27. The number of hydrogen-bond donors (Lipinski definition) is 0. The zero-order valence-electron chi connectivity index (χ0n) is 30.8. The van der Waals surface area contributed by atoms with Crippen LogP contribution in [0, 0.1) is 0 Å². The zero-order chi connectivity index (χ0) is 37.7. The molecule has 4 heteroatoms. The molecule has 2 heterocycles. The van der Waals surface area contributed by atoms with Gasteiger partial charge in [-0.25, -0.2) is 15.0 Å². The first-order valence-electron chi connectivity index (χ1n) is 19.2. The summed E-state index contributed by atoms with van der Waals surface area (Å²) in [7, 11) is 0. The van der Waals surface area contributed by atoms with Gasteiger partial charge in [0.25, 0.3) is 0 Å². The fourth-order valence-corrected chi connectivity index (χ4v) is 9.55. The Kier molecular flexibility index (Phi) is 8.01. The molecule has 0 amide bonds. The van der Waals surface area contributed by atoms with Gasteiger partial charge in [0, 0.05) is 36.9 Å². The maximum Gasteiger partial charge on any atom is 0.165 e. The predicted molar refractivity (Wildman–Crippen MR) is 240 cm³/mol. The van der Waals surface area contributed by atoms with E-state index in [0.717, 1.165) is 38.6 Å². The fourth-order valence-electron chi connectivity index (χ4n) is 8.34. The molecule has 266 valence electrons. The minimum Gasteiger partial charge on any atom is -0.208 e. The predicted octanol–water partition coefficient (Wildman–Crippen LogP) is 14.5. The van der Waals surface area contributed by atoms with Crippen molar-refractivity contribution in [1.29, 1.82) is 0 Å². The molecule has 0 aliphatic rings. The maximum atomic E-state index is 5.43. The smallest absolute Gasteiger partial charge is 0.165 e. The molecular formula is C53H33N3S. The van der Waals surface area contributed by atoms with Crippen LogP contribution in [0.4, 0.5) is 0 Å². The third-order valence-electron chi connectivity index (χ3n) is 11.0. The maximum absolute atomic E-state index is 5.43. The topological polar surface area (TPSA) is 38.7 Å². The number of benzene rings is 9. The summed E-state index contributed by atoms with van der Waals surface area (Å²) in [4.78, 5) is 16.0. The first-order chi connectivity index (χ1) is 28.3. The van der Waals surface area contributed by atoms with Crippen LogP contribution in [0.25, 0.3) is 109 Å². The van der Waals surface area contributed by atoms with Crippen molar-refractivity contribution in [1.82, 2.24) is 15.0 Å². The van der Waals surface area contributed by atoms with E-state index in [1.165, 1.54) is 53.2 Å². The minimum atomic E-state index is 0.644. The highest BCUT2D eigenvalue weighted by Crippen LogP contribution is 2.45. The lowest BCUT2D eigenvalue weighted by molar-refractivity contribution is 1.08. The Bertz CT molecular complexity index is 3300. The molecule has 11 aromatic rings.